The SMILES string of the molecule is C=CCC(Cc1ccccc1)(C(=O)Nc1ccc2nc(C)cc(N)c2c1)C(=O)Nc1ccc2nc(C)cc(N)c2c1. The molecule has 8 nitrogen and oxygen atoms in total. The van der Waals surface area contributed by atoms with Crippen LogP contribution < -0.4 is 22.1 Å². The molecule has 0 radical (unpaired) electrons. The van der Waals surface area contributed by atoms with Gasteiger partial charge in [0.2, 0.25) is 11.8 Å². The number of allylic oxidation sites excluding steroid dienone is 1. The van der Waals surface area contributed by atoms with Crippen molar-refractivity contribution in [3.05, 3.63) is 108 Å². The highest BCUT2D eigenvalue weighted by molar-refractivity contribution is 6.15. The van der Waals surface area contributed by atoms with Gasteiger partial charge in [-0.3, -0.25) is 19.6 Å². The molecule has 0 saturated heterocycles. The first-order chi connectivity index (χ1) is 19.7. The zero-order valence-electron chi connectivity index (χ0n) is 23.1. The Morgan fingerprint density at radius 1 is 0.780 bits per heavy atom. The lowest BCUT2D eigenvalue weighted by Gasteiger charge is -2.31. The summed E-state index contributed by atoms with van der Waals surface area (Å²) in [5, 5.41) is 7.38. The maximum absolute atomic E-state index is 14.1. The molecule has 2 heterocycles. The Balaban J connectivity index is 1.53. The molecule has 8 heteroatoms. The van der Waals surface area contributed by atoms with E-state index in [4.69, 9.17) is 11.5 Å². The average Bonchev–Trinajstić information content (AvgIpc) is 2.94. The number of pyridine rings is 2. The van der Waals surface area contributed by atoms with Crippen molar-refractivity contribution in [2.24, 2.45) is 5.41 Å². The second kappa shape index (κ2) is 11.1. The Morgan fingerprint density at radius 2 is 1.27 bits per heavy atom. The number of anilines is 4. The van der Waals surface area contributed by atoms with Crippen LogP contribution in [0.3, 0.4) is 0 Å². The minimum atomic E-state index is -1.51. The largest absolute Gasteiger partial charge is 0.398 e. The van der Waals surface area contributed by atoms with Crippen LogP contribution in [-0.4, -0.2) is 21.8 Å². The van der Waals surface area contributed by atoms with Gasteiger partial charge in [0.25, 0.3) is 0 Å². The fourth-order valence-electron chi connectivity index (χ4n) is 5.15. The summed E-state index contributed by atoms with van der Waals surface area (Å²) in [4.78, 5) is 37.3. The number of amides is 2. The molecule has 5 aromatic rings. The standard InChI is InChI=1S/C33H32N6O2/c1-4-14-33(19-22-8-6-5-7-9-22,31(40)38-23-10-12-29-25(17-23)27(34)15-20(2)36-29)32(41)39-24-11-13-30-26(18-24)28(35)16-21(3)37-30/h4-13,15-18H,1,14,19H2,2-3H3,(H2,34,36)(H2,35,37)(H,38,40)(H,39,41). The van der Waals surface area contributed by atoms with Gasteiger partial charge >= 0.3 is 0 Å². The van der Waals surface area contributed by atoms with E-state index in [0.29, 0.717) is 33.5 Å². The number of hydrogen-bond donors (Lipinski definition) is 4. The third-order valence-electron chi connectivity index (χ3n) is 7.16. The van der Waals surface area contributed by atoms with Crippen LogP contribution in [0, 0.1) is 19.3 Å². The van der Waals surface area contributed by atoms with Gasteiger partial charge in [0.05, 0.1) is 11.0 Å². The number of aryl methyl sites for hydroxylation is 2. The second-order valence-electron chi connectivity index (χ2n) is 10.3. The Labute approximate surface area is 238 Å². The molecule has 0 aliphatic rings. The highest BCUT2D eigenvalue weighted by Crippen LogP contribution is 2.34. The zero-order chi connectivity index (χ0) is 29.1. The highest BCUT2D eigenvalue weighted by Gasteiger charge is 2.45. The molecule has 0 atom stereocenters. The Morgan fingerprint density at radius 3 is 1.73 bits per heavy atom. The number of carbonyl (C=O) groups excluding carboxylic acids is 2. The predicted molar refractivity (Wildman–Crippen MR) is 166 cm³/mol. The molecular formula is C33H32N6O2. The van der Waals surface area contributed by atoms with E-state index < -0.39 is 17.2 Å². The van der Waals surface area contributed by atoms with Crippen LogP contribution in [0.15, 0.2) is 91.5 Å². The Hall–Kier alpha value is -5.24. The smallest absolute Gasteiger partial charge is 0.240 e. The molecule has 5 rings (SSSR count). The van der Waals surface area contributed by atoms with Gasteiger partial charge in [-0.2, -0.15) is 0 Å². The average molecular weight is 545 g/mol. The van der Waals surface area contributed by atoms with Crippen LogP contribution in [0.25, 0.3) is 21.8 Å². The lowest BCUT2D eigenvalue weighted by atomic mass is 9.76. The summed E-state index contributed by atoms with van der Waals surface area (Å²) >= 11 is 0. The Kier molecular flexibility index (Phi) is 7.40. The van der Waals surface area contributed by atoms with E-state index >= 15 is 0 Å². The van der Waals surface area contributed by atoms with Gasteiger partial charge in [0.15, 0.2) is 0 Å². The molecule has 2 amide bonds. The topological polar surface area (TPSA) is 136 Å². The summed E-state index contributed by atoms with van der Waals surface area (Å²) in [6.07, 6.45) is 1.86. The monoisotopic (exact) mass is 544 g/mol. The zero-order valence-corrected chi connectivity index (χ0v) is 23.1. The van der Waals surface area contributed by atoms with E-state index in [1.807, 2.05) is 44.2 Å². The van der Waals surface area contributed by atoms with Crippen LogP contribution in [0.4, 0.5) is 22.7 Å². The van der Waals surface area contributed by atoms with E-state index in [2.05, 4.69) is 27.2 Å². The highest BCUT2D eigenvalue weighted by atomic mass is 16.2. The van der Waals surface area contributed by atoms with Gasteiger partial charge in [-0.05, 0) is 80.8 Å². The predicted octanol–water partition coefficient (Wildman–Crippen LogP) is 5.95. The lowest BCUT2D eigenvalue weighted by molar-refractivity contribution is -0.137. The molecule has 0 unspecified atom stereocenters. The van der Waals surface area contributed by atoms with Gasteiger partial charge in [-0.1, -0.05) is 36.4 Å². The fraction of sp³-hybridized carbons (Fsp3) is 0.152. The van der Waals surface area contributed by atoms with Crippen molar-refractivity contribution < 1.29 is 9.59 Å². The van der Waals surface area contributed by atoms with Crippen molar-refractivity contribution in [3.63, 3.8) is 0 Å². The van der Waals surface area contributed by atoms with Crippen molar-refractivity contribution in [2.75, 3.05) is 22.1 Å². The molecule has 3 aromatic carbocycles. The van der Waals surface area contributed by atoms with Crippen LogP contribution in [0.1, 0.15) is 23.4 Å². The van der Waals surface area contributed by atoms with Crippen LogP contribution in [-0.2, 0) is 16.0 Å². The third-order valence-corrected chi connectivity index (χ3v) is 7.16. The van der Waals surface area contributed by atoms with Gasteiger partial charge in [0, 0.05) is 44.9 Å². The Bertz CT molecular complexity index is 1690. The fourth-order valence-corrected chi connectivity index (χ4v) is 5.15. The first-order valence-corrected chi connectivity index (χ1v) is 13.3. The van der Waals surface area contributed by atoms with Crippen molar-refractivity contribution >= 4 is 56.4 Å². The molecule has 0 fully saturated rings. The molecule has 41 heavy (non-hydrogen) atoms. The lowest BCUT2D eigenvalue weighted by Crippen LogP contribution is -2.47. The van der Waals surface area contributed by atoms with Gasteiger partial charge in [-0.15, -0.1) is 6.58 Å². The number of nitrogens with zero attached hydrogens (tertiary/aromatic N) is 2. The first kappa shape index (κ1) is 27.3. The number of nitrogens with two attached hydrogens (primary N) is 2. The van der Waals surface area contributed by atoms with Gasteiger partial charge < -0.3 is 22.1 Å². The van der Waals surface area contributed by atoms with Crippen LogP contribution >= 0.6 is 0 Å². The maximum atomic E-state index is 14.1. The summed E-state index contributed by atoms with van der Waals surface area (Å²) in [5.41, 5.74) is 17.0. The van der Waals surface area contributed by atoms with Crippen molar-refractivity contribution in [1.82, 2.24) is 9.97 Å². The number of hydrogen-bond acceptors (Lipinski definition) is 6. The number of nitrogen functional groups attached to an aromatic ring is 2. The molecule has 0 aliphatic heterocycles. The maximum Gasteiger partial charge on any atom is 0.240 e. The van der Waals surface area contributed by atoms with E-state index in [1.54, 1.807) is 54.6 Å². The number of fused-ring (bicyclic) bond motifs is 2. The normalized spacial score (nSPS) is 11.4. The molecule has 0 aliphatic carbocycles. The number of aromatic nitrogens is 2. The van der Waals surface area contributed by atoms with Gasteiger partial charge in [0.1, 0.15) is 5.41 Å². The van der Waals surface area contributed by atoms with Crippen molar-refractivity contribution in [1.29, 1.82) is 0 Å². The molecule has 0 spiro atoms. The van der Waals surface area contributed by atoms with E-state index in [0.717, 1.165) is 28.0 Å². The quantitative estimate of drug-likeness (QED) is 0.141. The summed E-state index contributed by atoms with van der Waals surface area (Å²) < 4.78 is 0. The molecule has 2 aromatic heterocycles. The molecular weight excluding hydrogens is 512 g/mol. The second-order valence-corrected chi connectivity index (χ2v) is 10.3. The molecule has 0 bridgehead atoms. The van der Waals surface area contributed by atoms with Crippen molar-refractivity contribution in [2.45, 2.75) is 26.7 Å². The minimum absolute atomic E-state index is 0.104. The third kappa shape index (κ3) is 5.58. The van der Waals surface area contributed by atoms with E-state index in [9.17, 15) is 9.59 Å². The van der Waals surface area contributed by atoms with Crippen LogP contribution in [0.5, 0.6) is 0 Å². The summed E-state index contributed by atoms with van der Waals surface area (Å²) in [6.45, 7) is 7.63. The van der Waals surface area contributed by atoms with Crippen molar-refractivity contribution in [3.8, 4) is 0 Å². The summed E-state index contributed by atoms with van der Waals surface area (Å²) in [6, 6.07) is 23.7. The minimum Gasteiger partial charge on any atom is -0.398 e. The number of rotatable bonds is 8. The molecule has 0 saturated carbocycles. The first-order valence-electron chi connectivity index (χ1n) is 13.3. The van der Waals surface area contributed by atoms with E-state index in [-0.39, 0.29) is 12.8 Å². The number of benzene rings is 3. The number of carbonyl (C=O) groups is 2. The van der Waals surface area contributed by atoms with Gasteiger partial charge in [-0.25, -0.2) is 0 Å². The van der Waals surface area contributed by atoms with E-state index in [1.165, 1.54) is 0 Å². The summed E-state index contributed by atoms with van der Waals surface area (Å²) in [5.74, 6) is -0.927. The summed E-state index contributed by atoms with van der Waals surface area (Å²) in [7, 11) is 0. The molecule has 6 N–H and O–H groups in total. The molecule has 206 valence electrons. The number of nitrogens with one attached hydrogen (secondary N) is 2. The van der Waals surface area contributed by atoms with Crippen LogP contribution in [0.2, 0.25) is 0 Å².